The highest BCUT2D eigenvalue weighted by molar-refractivity contribution is 5.16. The lowest BCUT2D eigenvalue weighted by Gasteiger charge is -2.67. The summed E-state index contributed by atoms with van der Waals surface area (Å²) in [5, 5.41) is 19.9. The fraction of sp³-hybridized carbons (Fsp3) is 1.00. The van der Waals surface area contributed by atoms with Crippen molar-refractivity contribution in [2.24, 2.45) is 45.8 Å². The molecule has 9 atom stereocenters. The summed E-state index contributed by atoms with van der Waals surface area (Å²) in [5.41, 5.74) is 1.46. The molecule has 2 nitrogen and oxygen atoms in total. The third kappa shape index (κ3) is 2.79. The van der Waals surface area contributed by atoms with Crippen LogP contribution in [0.1, 0.15) is 105 Å². The Morgan fingerprint density at radius 3 is 2.36 bits per heavy atom. The van der Waals surface area contributed by atoms with Crippen molar-refractivity contribution >= 4 is 0 Å². The summed E-state index contributed by atoms with van der Waals surface area (Å²) in [6.45, 7) is 10.5. The molecule has 4 aliphatic carbocycles. The van der Waals surface area contributed by atoms with E-state index >= 15 is 0 Å². The van der Waals surface area contributed by atoms with Crippen LogP contribution in [0, 0.1) is 45.8 Å². The van der Waals surface area contributed by atoms with Crippen LogP contribution in [0.5, 0.6) is 0 Å². The summed E-state index contributed by atoms with van der Waals surface area (Å²) < 4.78 is 0. The highest BCUT2D eigenvalue weighted by Crippen LogP contribution is 2.75. The molecule has 2 heteroatoms. The lowest BCUT2D eigenvalue weighted by atomic mass is 9.38. The molecule has 28 heavy (non-hydrogen) atoms. The van der Waals surface area contributed by atoms with Crippen molar-refractivity contribution in [3.05, 3.63) is 0 Å². The van der Waals surface area contributed by atoms with E-state index in [0.29, 0.717) is 22.9 Å². The predicted octanol–water partition coefficient (Wildman–Crippen LogP) is 6.20. The number of hydrogen-bond donors (Lipinski definition) is 2. The van der Waals surface area contributed by atoms with Gasteiger partial charge in [-0.3, -0.25) is 0 Å². The zero-order valence-corrected chi connectivity index (χ0v) is 19.1. The van der Waals surface area contributed by atoms with Crippen LogP contribution in [0.25, 0.3) is 0 Å². The van der Waals surface area contributed by atoms with Crippen LogP contribution in [-0.2, 0) is 0 Å². The molecule has 0 radical (unpaired) electrons. The van der Waals surface area contributed by atoms with Gasteiger partial charge in [-0.2, -0.15) is 0 Å². The molecule has 0 saturated heterocycles. The second-order valence-corrected chi connectivity index (χ2v) is 11.7. The molecule has 4 rings (SSSR count). The molecule has 0 aromatic heterocycles. The molecule has 0 amide bonds. The van der Waals surface area contributed by atoms with Gasteiger partial charge < -0.3 is 10.2 Å². The predicted molar refractivity (Wildman–Crippen MR) is 116 cm³/mol. The molecule has 0 bridgehead atoms. The van der Waals surface area contributed by atoms with Gasteiger partial charge in [0.05, 0.1) is 6.10 Å². The lowest BCUT2D eigenvalue weighted by molar-refractivity contribution is -0.189. The fourth-order valence-corrected chi connectivity index (χ4v) is 9.84. The zero-order valence-electron chi connectivity index (χ0n) is 19.1. The lowest BCUT2D eigenvalue weighted by Crippen LogP contribution is -2.60. The van der Waals surface area contributed by atoms with Crippen molar-refractivity contribution < 1.29 is 10.2 Å². The third-order valence-electron chi connectivity index (χ3n) is 11.4. The number of aliphatic hydroxyl groups excluding tert-OH is 2. The first-order valence-corrected chi connectivity index (χ1v) is 12.6. The Morgan fingerprint density at radius 1 is 0.893 bits per heavy atom. The van der Waals surface area contributed by atoms with E-state index in [0.717, 1.165) is 48.9 Å². The maximum atomic E-state index is 10.5. The van der Waals surface area contributed by atoms with Crippen molar-refractivity contribution in [3.63, 3.8) is 0 Å². The second-order valence-electron chi connectivity index (χ2n) is 11.7. The minimum atomic E-state index is -0.0491. The standard InChI is InChI=1S/C26H46O2/c1-5-18-16-23-21(24(3)12-10-20(28)17-22(18)24)11-13-25(4)19(8-7-15-27)9-14-26(23,25)6-2/h18-23,27-28H,5-17H2,1-4H3/t18-,19?,20+,21?,22?,23?,24?,25?,26?/m0/s1. The highest BCUT2D eigenvalue weighted by atomic mass is 16.3. The van der Waals surface area contributed by atoms with Gasteiger partial charge in [0.25, 0.3) is 0 Å². The number of rotatable bonds is 5. The molecule has 4 saturated carbocycles. The molecule has 0 heterocycles. The van der Waals surface area contributed by atoms with Crippen LogP contribution >= 0.6 is 0 Å². The van der Waals surface area contributed by atoms with Gasteiger partial charge in [0, 0.05) is 6.61 Å². The summed E-state index contributed by atoms with van der Waals surface area (Å²) >= 11 is 0. The molecule has 7 unspecified atom stereocenters. The van der Waals surface area contributed by atoms with E-state index in [1.54, 1.807) is 0 Å². The average molecular weight is 391 g/mol. The Bertz CT molecular complexity index is 561. The summed E-state index contributed by atoms with van der Waals surface area (Å²) in [5.74, 6) is 4.13. The Kier molecular flexibility index (Phi) is 5.71. The molecule has 162 valence electrons. The first-order chi connectivity index (χ1) is 13.4. The summed E-state index contributed by atoms with van der Waals surface area (Å²) in [6.07, 6.45) is 15.2. The molecule has 0 spiro atoms. The molecular formula is C26H46O2. The van der Waals surface area contributed by atoms with Crippen molar-refractivity contribution in [1.82, 2.24) is 0 Å². The van der Waals surface area contributed by atoms with E-state index in [1.165, 1.54) is 57.8 Å². The van der Waals surface area contributed by atoms with Gasteiger partial charge >= 0.3 is 0 Å². The molecule has 4 aliphatic rings. The first kappa shape index (κ1) is 21.2. The van der Waals surface area contributed by atoms with Gasteiger partial charge in [-0.05, 0) is 116 Å². The zero-order chi connectivity index (χ0) is 20.2. The number of aliphatic hydroxyl groups is 2. The second kappa shape index (κ2) is 7.56. The van der Waals surface area contributed by atoms with E-state index in [4.69, 9.17) is 0 Å². The van der Waals surface area contributed by atoms with Gasteiger partial charge in [0.15, 0.2) is 0 Å². The Morgan fingerprint density at radius 2 is 1.68 bits per heavy atom. The molecule has 2 N–H and O–H groups in total. The Hall–Kier alpha value is -0.0800. The molecule has 0 aromatic carbocycles. The summed E-state index contributed by atoms with van der Waals surface area (Å²) in [7, 11) is 0. The van der Waals surface area contributed by atoms with Gasteiger partial charge in [-0.1, -0.05) is 34.1 Å². The molecule has 0 aromatic rings. The topological polar surface area (TPSA) is 40.5 Å². The van der Waals surface area contributed by atoms with Crippen molar-refractivity contribution in [1.29, 1.82) is 0 Å². The van der Waals surface area contributed by atoms with Crippen LogP contribution in [-0.4, -0.2) is 22.9 Å². The van der Waals surface area contributed by atoms with Crippen molar-refractivity contribution in [2.45, 2.75) is 111 Å². The van der Waals surface area contributed by atoms with Crippen LogP contribution in [0.4, 0.5) is 0 Å². The molecular weight excluding hydrogens is 344 g/mol. The molecule has 0 aliphatic heterocycles. The van der Waals surface area contributed by atoms with Gasteiger partial charge in [0.1, 0.15) is 0 Å². The largest absolute Gasteiger partial charge is 0.396 e. The van der Waals surface area contributed by atoms with Gasteiger partial charge in [0.2, 0.25) is 0 Å². The fourth-order valence-electron chi connectivity index (χ4n) is 9.84. The van der Waals surface area contributed by atoms with E-state index in [1.807, 2.05) is 0 Å². The minimum absolute atomic E-state index is 0.0491. The van der Waals surface area contributed by atoms with Crippen LogP contribution in [0.15, 0.2) is 0 Å². The first-order valence-electron chi connectivity index (χ1n) is 12.6. The maximum absolute atomic E-state index is 10.5. The van der Waals surface area contributed by atoms with Gasteiger partial charge in [-0.15, -0.1) is 0 Å². The van der Waals surface area contributed by atoms with E-state index < -0.39 is 0 Å². The SMILES string of the molecule is CC[C@H]1CC2C(CCC3(C)C(CCCO)CCC23CC)C2(C)CC[C@@H](O)CC12. The van der Waals surface area contributed by atoms with Crippen LogP contribution in [0.2, 0.25) is 0 Å². The Balaban J connectivity index is 1.69. The smallest absolute Gasteiger partial charge is 0.0543 e. The number of fused-ring (bicyclic) bond motifs is 5. The molecule has 4 fully saturated rings. The Labute approximate surface area is 173 Å². The van der Waals surface area contributed by atoms with Crippen LogP contribution < -0.4 is 0 Å². The number of hydrogen-bond acceptors (Lipinski definition) is 2. The van der Waals surface area contributed by atoms with E-state index in [2.05, 4.69) is 27.7 Å². The summed E-state index contributed by atoms with van der Waals surface area (Å²) in [4.78, 5) is 0. The van der Waals surface area contributed by atoms with E-state index in [9.17, 15) is 10.2 Å². The minimum Gasteiger partial charge on any atom is -0.396 e. The quantitative estimate of drug-likeness (QED) is 0.587. The third-order valence-corrected chi connectivity index (χ3v) is 11.4. The normalized spacial score (nSPS) is 53.4. The van der Waals surface area contributed by atoms with Crippen LogP contribution in [0.3, 0.4) is 0 Å². The average Bonchev–Trinajstić information content (AvgIpc) is 2.99. The van der Waals surface area contributed by atoms with E-state index in [-0.39, 0.29) is 6.10 Å². The maximum Gasteiger partial charge on any atom is 0.0543 e. The monoisotopic (exact) mass is 390 g/mol. The van der Waals surface area contributed by atoms with Gasteiger partial charge in [-0.25, -0.2) is 0 Å². The van der Waals surface area contributed by atoms with Crippen molar-refractivity contribution in [2.75, 3.05) is 6.61 Å². The highest BCUT2D eigenvalue weighted by Gasteiger charge is 2.67. The van der Waals surface area contributed by atoms with Crippen molar-refractivity contribution in [3.8, 4) is 0 Å². The summed E-state index contributed by atoms with van der Waals surface area (Å²) in [6, 6.07) is 0.